The minimum absolute atomic E-state index is 0.238. The first-order chi connectivity index (χ1) is 7.61. The molecule has 0 atom stereocenters. The Balaban J connectivity index is 0.000000606. The van der Waals surface area contributed by atoms with E-state index in [4.69, 9.17) is 11.6 Å². The van der Waals surface area contributed by atoms with Crippen LogP contribution in [0.25, 0.3) is 10.9 Å². The number of aromatic nitrogens is 2. The van der Waals surface area contributed by atoms with E-state index in [9.17, 15) is 4.39 Å². The van der Waals surface area contributed by atoms with Crippen LogP contribution in [-0.4, -0.2) is 9.97 Å². The third-order valence-electron chi connectivity index (χ3n) is 1.94. The normalized spacial score (nSPS) is 9.88. The summed E-state index contributed by atoms with van der Waals surface area (Å²) in [5, 5.41) is 0.803. The smallest absolute Gasteiger partial charge is 0.164 e. The Morgan fingerprint density at radius 2 is 1.94 bits per heavy atom. The fraction of sp³-hybridized carbons (Fsp3) is 0.273. The van der Waals surface area contributed by atoms with Crippen LogP contribution in [0.3, 0.4) is 0 Å². The Labute approximate surface area is 107 Å². The second kappa shape index (κ2) is 5.55. The van der Waals surface area contributed by atoms with E-state index in [0.29, 0.717) is 9.86 Å². The maximum absolute atomic E-state index is 13.6. The first-order valence-electron chi connectivity index (χ1n) is 4.86. The minimum Gasteiger partial charge on any atom is -0.233 e. The second-order valence-electron chi connectivity index (χ2n) is 2.88. The third-order valence-corrected chi connectivity index (χ3v) is 3.22. The van der Waals surface area contributed by atoms with Gasteiger partial charge in [-0.3, -0.25) is 0 Å². The zero-order valence-corrected chi connectivity index (χ0v) is 11.5. The predicted octanol–water partition coefficient (Wildman–Crippen LogP) is 4.52. The van der Waals surface area contributed by atoms with E-state index in [-0.39, 0.29) is 10.7 Å². The molecular weight excluding hydrogens is 294 g/mol. The molecule has 0 saturated carbocycles. The average Bonchev–Trinajstić information content (AvgIpc) is 2.31. The van der Waals surface area contributed by atoms with Gasteiger partial charge in [0.1, 0.15) is 17.0 Å². The van der Waals surface area contributed by atoms with Gasteiger partial charge in [-0.25, -0.2) is 14.4 Å². The topological polar surface area (TPSA) is 25.8 Å². The van der Waals surface area contributed by atoms with Crippen molar-refractivity contribution < 1.29 is 4.39 Å². The maximum atomic E-state index is 13.6. The van der Waals surface area contributed by atoms with Crippen molar-refractivity contribution in [2.24, 2.45) is 0 Å². The molecule has 2 nitrogen and oxygen atoms in total. The second-order valence-corrected chi connectivity index (χ2v) is 4.03. The van der Waals surface area contributed by atoms with Gasteiger partial charge in [0, 0.05) is 5.39 Å². The highest BCUT2D eigenvalue weighted by atomic mass is 79.9. The summed E-state index contributed by atoms with van der Waals surface area (Å²) in [6.07, 6.45) is 1.25. The first kappa shape index (κ1) is 13.3. The van der Waals surface area contributed by atoms with Crippen molar-refractivity contribution >= 4 is 38.4 Å². The molecule has 0 bridgehead atoms. The highest BCUT2D eigenvalue weighted by Gasteiger charge is 2.12. The molecule has 0 spiro atoms. The molecule has 0 N–H and O–H groups in total. The van der Waals surface area contributed by atoms with Crippen LogP contribution in [0.2, 0.25) is 5.15 Å². The van der Waals surface area contributed by atoms with Gasteiger partial charge in [0.05, 0.1) is 4.47 Å². The molecule has 16 heavy (non-hydrogen) atoms. The van der Waals surface area contributed by atoms with E-state index >= 15 is 0 Å². The molecule has 1 aromatic carbocycles. The third kappa shape index (κ3) is 2.33. The van der Waals surface area contributed by atoms with Crippen molar-refractivity contribution in [3.63, 3.8) is 0 Å². The highest BCUT2D eigenvalue weighted by molar-refractivity contribution is 9.10. The van der Waals surface area contributed by atoms with Crippen LogP contribution in [0.15, 0.2) is 16.9 Å². The zero-order chi connectivity index (χ0) is 12.3. The molecule has 0 unspecified atom stereocenters. The Bertz CT molecular complexity index is 517. The predicted molar refractivity (Wildman–Crippen MR) is 68.3 cm³/mol. The van der Waals surface area contributed by atoms with Crippen LogP contribution in [0, 0.1) is 12.7 Å². The number of hydrogen-bond acceptors (Lipinski definition) is 2. The van der Waals surface area contributed by atoms with E-state index in [1.54, 1.807) is 13.0 Å². The summed E-state index contributed by atoms with van der Waals surface area (Å²) in [5.41, 5.74) is 1.01. The van der Waals surface area contributed by atoms with Crippen molar-refractivity contribution in [2.45, 2.75) is 20.8 Å². The van der Waals surface area contributed by atoms with E-state index in [0.717, 1.165) is 5.56 Å². The number of nitrogens with zero attached hydrogens (tertiary/aromatic N) is 2. The molecule has 2 rings (SSSR count). The van der Waals surface area contributed by atoms with E-state index < -0.39 is 5.82 Å². The summed E-state index contributed by atoms with van der Waals surface area (Å²) in [5.74, 6) is -0.399. The Kier molecular flexibility index (Phi) is 4.62. The van der Waals surface area contributed by atoms with Gasteiger partial charge in [-0.05, 0) is 34.5 Å². The first-order valence-corrected chi connectivity index (χ1v) is 6.03. The Morgan fingerprint density at radius 1 is 1.31 bits per heavy atom. The zero-order valence-electron chi connectivity index (χ0n) is 9.18. The molecule has 5 heteroatoms. The Morgan fingerprint density at radius 3 is 2.56 bits per heavy atom. The largest absolute Gasteiger partial charge is 0.233 e. The molecule has 2 aromatic rings. The fourth-order valence-electron chi connectivity index (χ4n) is 1.23. The molecular formula is C11H11BrClFN2. The molecule has 0 aliphatic carbocycles. The molecule has 0 aliphatic heterocycles. The SMILES string of the molecule is CC.Cc1cc2c(Cl)ncnc2c(F)c1Br. The van der Waals surface area contributed by atoms with E-state index in [1.165, 1.54) is 6.33 Å². The monoisotopic (exact) mass is 304 g/mol. The molecule has 0 fully saturated rings. The van der Waals surface area contributed by atoms with Crippen LogP contribution in [0.1, 0.15) is 19.4 Å². The maximum Gasteiger partial charge on any atom is 0.164 e. The number of fused-ring (bicyclic) bond motifs is 1. The standard InChI is InChI=1S/C9H5BrClFN2.C2H6/c1-4-2-5-8(7(12)6(4)10)13-3-14-9(5)11;1-2/h2-3H,1H3;1-2H3. The number of hydrogen-bond donors (Lipinski definition) is 0. The van der Waals surface area contributed by atoms with Gasteiger partial charge >= 0.3 is 0 Å². The Hall–Kier alpha value is -0.740. The number of rotatable bonds is 0. The molecule has 0 saturated heterocycles. The van der Waals surface area contributed by atoms with Crippen LogP contribution in [0.4, 0.5) is 4.39 Å². The van der Waals surface area contributed by atoms with Crippen LogP contribution in [0.5, 0.6) is 0 Å². The highest BCUT2D eigenvalue weighted by Crippen LogP contribution is 2.29. The number of halogens is 3. The lowest BCUT2D eigenvalue weighted by molar-refractivity contribution is 0.628. The minimum atomic E-state index is -0.399. The number of benzene rings is 1. The van der Waals surface area contributed by atoms with Gasteiger partial charge in [0.2, 0.25) is 0 Å². The van der Waals surface area contributed by atoms with Crippen LogP contribution < -0.4 is 0 Å². The lowest BCUT2D eigenvalue weighted by Gasteiger charge is -2.04. The van der Waals surface area contributed by atoms with Gasteiger partial charge < -0.3 is 0 Å². The van der Waals surface area contributed by atoms with Gasteiger partial charge in [-0.2, -0.15) is 0 Å². The molecule has 86 valence electrons. The quantitative estimate of drug-likeness (QED) is 0.669. The van der Waals surface area contributed by atoms with Gasteiger partial charge in [-0.1, -0.05) is 25.4 Å². The van der Waals surface area contributed by atoms with Crippen LogP contribution >= 0.6 is 27.5 Å². The van der Waals surface area contributed by atoms with E-state index in [2.05, 4.69) is 25.9 Å². The van der Waals surface area contributed by atoms with E-state index in [1.807, 2.05) is 13.8 Å². The van der Waals surface area contributed by atoms with Crippen molar-refractivity contribution in [1.82, 2.24) is 9.97 Å². The van der Waals surface area contributed by atoms with Gasteiger partial charge in [0.25, 0.3) is 0 Å². The molecule has 0 aliphatic rings. The fourth-order valence-corrected chi connectivity index (χ4v) is 1.72. The average molecular weight is 306 g/mol. The molecule has 0 amide bonds. The van der Waals surface area contributed by atoms with Gasteiger partial charge in [0.15, 0.2) is 5.82 Å². The summed E-state index contributed by atoms with van der Waals surface area (Å²) >= 11 is 8.97. The summed E-state index contributed by atoms with van der Waals surface area (Å²) in [4.78, 5) is 7.63. The lowest BCUT2D eigenvalue weighted by atomic mass is 10.1. The summed E-state index contributed by atoms with van der Waals surface area (Å²) in [6, 6.07) is 1.75. The molecule has 1 aromatic heterocycles. The van der Waals surface area contributed by atoms with Gasteiger partial charge in [-0.15, -0.1) is 0 Å². The summed E-state index contributed by atoms with van der Waals surface area (Å²) in [7, 11) is 0. The summed E-state index contributed by atoms with van der Waals surface area (Å²) in [6.45, 7) is 5.79. The van der Waals surface area contributed by atoms with Crippen molar-refractivity contribution in [2.75, 3.05) is 0 Å². The van der Waals surface area contributed by atoms with Crippen molar-refractivity contribution in [1.29, 1.82) is 0 Å². The molecule has 0 radical (unpaired) electrons. The van der Waals surface area contributed by atoms with Crippen LogP contribution in [-0.2, 0) is 0 Å². The number of aryl methyl sites for hydroxylation is 1. The lowest BCUT2D eigenvalue weighted by Crippen LogP contribution is -1.91. The van der Waals surface area contributed by atoms with Crippen molar-refractivity contribution in [3.8, 4) is 0 Å². The van der Waals surface area contributed by atoms with Crippen molar-refractivity contribution in [3.05, 3.63) is 33.4 Å². The summed E-state index contributed by atoms with van der Waals surface area (Å²) < 4.78 is 14.1. The molecule has 1 heterocycles.